The molecule has 0 bridgehead atoms. The number of halogens is 1. The molecule has 218 valence electrons. The number of carbonyl (C=O) groups excluding carboxylic acids is 2. The fraction of sp³-hybridized carbons (Fsp3) is 0.229. The maximum atomic E-state index is 14.1. The van der Waals surface area contributed by atoms with Crippen LogP contribution in [0.15, 0.2) is 110 Å². The number of rotatable bonds is 9. The Bertz CT molecular complexity index is 1690. The Morgan fingerprint density at radius 3 is 2.35 bits per heavy atom. The van der Waals surface area contributed by atoms with E-state index in [0.29, 0.717) is 25.1 Å². The number of aromatic amines is 1. The van der Waals surface area contributed by atoms with Gasteiger partial charge in [-0.3, -0.25) is 9.59 Å². The molecule has 1 aliphatic heterocycles. The highest BCUT2D eigenvalue weighted by Gasteiger charge is 2.44. The zero-order valence-electron chi connectivity index (χ0n) is 23.7. The molecule has 0 aliphatic carbocycles. The Labute approximate surface area is 249 Å². The summed E-state index contributed by atoms with van der Waals surface area (Å²) < 4.78 is 13.5. The predicted molar refractivity (Wildman–Crippen MR) is 165 cm³/mol. The smallest absolute Gasteiger partial charge is 0.243 e. The minimum Gasteiger partial charge on any atom is -0.351 e. The third kappa shape index (κ3) is 6.49. The number of benzene rings is 4. The molecular weight excluding hydrogens is 541 g/mol. The summed E-state index contributed by atoms with van der Waals surface area (Å²) in [6.07, 6.45) is 4.67. The Morgan fingerprint density at radius 1 is 0.907 bits per heavy atom. The Balaban J connectivity index is 1.31. The van der Waals surface area contributed by atoms with Gasteiger partial charge in [-0.05, 0) is 58.9 Å². The molecule has 0 spiro atoms. The Hall–Kier alpha value is -4.82. The second-order valence-corrected chi connectivity index (χ2v) is 11.3. The van der Waals surface area contributed by atoms with Crippen molar-refractivity contribution in [3.63, 3.8) is 0 Å². The van der Waals surface area contributed by atoms with Crippen molar-refractivity contribution in [2.45, 2.75) is 43.3 Å². The van der Waals surface area contributed by atoms with E-state index in [1.165, 1.54) is 12.1 Å². The summed E-state index contributed by atoms with van der Waals surface area (Å²) in [5.41, 5.74) is 10.1. The van der Waals surface area contributed by atoms with Gasteiger partial charge in [-0.25, -0.2) is 9.37 Å². The number of nitrogens with two attached hydrogens (primary N) is 1. The van der Waals surface area contributed by atoms with Crippen LogP contribution in [0.2, 0.25) is 0 Å². The normalized spacial score (nSPS) is 18.3. The van der Waals surface area contributed by atoms with Crippen LogP contribution in [0.4, 0.5) is 4.39 Å². The molecule has 4 unspecified atom stereocenters. The lowest BCUT2D eigenvalue weighted by Gasteiger charge is -2.43. The molecule has 2 heterocycles. The van der Waals surface area contributed by atoms with Gasteiger partial charge in [-0.2, -0.15) is 0 Å². The van der Waals surface area contributed by atoms with E-state index in [4.69, 9.17) is 5.73 Å². The molecule has 4 aromatic carbocycles. The molecule has 0 saturated carbocycles. The van der Waals surface area contributed by atoms with Crippen molar-refractivity contribution in [1.29, 1.82) is 0 Å². The number of nitrogens with one attached hydrogen (secondary N) is 2. The summed E-state index contributed by atoms with van der Waals surface area (Å²) in [7, 11) is 0. The van der Waals surface area contributed by atoms with Gasteiger partial charge in [0.2, 0.25) is 11.8 Å². The quantitative estimate of drug-likeness (QED) is 0.240. The zero-order valence-corrected chi connectivity index (χ0v) is 23.7. The zero-order chi connectivity index (χ0) is 29.8. The number of hydrogen-bond acceptors (Lipinski definition) is 4. The fourth-order valence-electron chi connectivity index (χ4n) is 6.11. The number of fused-ring (bicyclic) bond motifs is 1. The highest BCUT2D eigenvalue weighted by atomic mass is 19.1. The van der Waals surface area contributed by atoms with E-state index in [2.05, 4.69) is 45.6 Å². The largest absolute Gasteiger partial charge is 0.351 e. The molecule has 6 rings (SSSR count). The second kappa shape index (κ2) is 12.6. The fourth-order valence-corrected chi connectivity index (χ4v) is 6.11. The molecule has 1 aliphatic rings. The third-order valence-corrected chi connectivity index (χ3v) is 8.21. The molecule has 5 aromatic rings. The average molecular weight is 576 g/mol. The minimum absolute atomic E-state index is 0.227. The molecule has 1 saturated heterocycles. The summed E-state index contributed by atoms with van der Waals surface area (Å²) in [4.78, 5) is 37.4. The van der Waals surface area contributed by atoms with Gasteiger partial charge in [-0.1, -0.05) is 84.9 Å². The van der Waals surface area contributed by atoms with Crippen LogP contribution in [0.25, 0.3) is 10.8 Å². The number of H-pyrrole nitrogens is 1. The molecular formula is C35H34FN5O2. The summed E-state index contributed by atoms with van der Waals surface area (Å²) in [5.74, 6) is -1.31. The van der Waals surface area contributed by atoms with Crippen LogP contribution < -0.4 is 11.1 Å². The first-order valence-electron chi connectivity index (χ1n) is 14.6. The number of carbonyl (C=O) groups is 2. The third-order valence-electron chi connectivity index (χ3n) is 8.21. The number of amides is 2. The van der Waals surface area contributed by atoms with Gasteiger partial charge in [0.05, 0.1) is 24.1 Å². The standard InChI is InChI=1S/C35H34FN5O2/c36-28-14-11-24(12-15-28)19-31(37)35(43)41-21-29(17-25-10-13-26-8-4-5-9-27(26)16-25)40-34(42)33(41)30(32-20-38-22-39-32)18-23-6-2-1-3-7-23/h1-16,20,22,29-31,33H,17-19,21,37H2,(H,38,39)(H,40,42). The maximum Gasteiger partial charge on any atom is 0.243 e. The van der Waals surface area contributed by atoms with Crippen LogP contribution in [-0.2, 0) is 28.9 Å². The van der Waals surface area contributed by atoms with E-state index < -0.39 is 18.0 Å². The van der Waals surface area contributed by atoms with E-state index in [1.807, 2.05) is 42.5 Å². The van der Waals surface area contributed by atoms with Crippen molar-refractivity contribution >= 4 is 22.6 Å². The Morgan fingerprint density at radius 2 is 1.60 bits per heavy atom. The molecule has 43 heavy (non-hydrogen) atoms. The van der Waals surface area contributed by atoms with E-state index in [9.17, 15) is 14.0 Å². The molecule has 2 amide bonds. The highest BCUT2D eigenvalue weighted by Crippen LogP contribution is 2.30. The predicted octanol–water partition coefficient (Wildman–Crippen LogP) is 4.54. The molecule has 7 nitrogen and oxygen atoms in total. The van der Waals surface area contributed by atoms with Gasteiger partial charge in [-0.15, -0.1) is 0 Å². The minimum atomic E-state index is -0.906. The van der Waals surface area contributed by atoms with Crippen molar-refractivity contribution in [2.24, 2.45) is 5.73 Å². The summed E-state index contributed by atoms with van der Waals surface area (Å²) >= 11 is 0. The van der Waals surface area contributed by atoms with Crippen molar-refractivity contribution < 1.29 is 14.0 Å². The molecule has 0 radical (unpaired) electrons. The van der Waals surface area contributed by atoms with Crippen molar-refractivity contribution in [2.75, 3.05) is 6.54 Å². The first-order valence-corrected chi connectivity index (χ1v) is 14.6. The van der Waals surface area contributed by atoms with Crippen LogP contribution in [0.5, 0.6) is 0 Å². The summed E-state index contributed by atoms with van der Waals surface area (Å²) in [6, 6.07) is 28.2. The van der Waals surface area contributed by atoms with Crippen LogP contribution in [0.1, 0.15) is 28.3 Å². The van der Waals surface area contributed by atoms with Gasteiger partial charge in [0.1, 0.15) is 11.9 Å². The average Bonchev–Trinajstić information content (AvgIpc) is 3.56. The molecule has 4 N–H and O–H groups in total. The van der Waals surface area contributed by atoms with E-state index in [1.54, 1.807) is 29.6 Å². The number of imidazole rings is 1. The molecule has 1 fully saturated rings. The monoisotopic (exact) mass is 575 g/mol. The van der Waals surface area contributed by atoms with Crippen LogP contribution >= 0.6 is 0 Å². The molecule has 4 atom stereocenters. The summed E-state index contributed by atoms with van der Waals surface area (Å²) in [6.45, 7) is 0.300. The lowest BCUT2D eigenvalue weighted by molar-refractivity contribution is -0.146. The summed E-state index contributed by atoms with van der Waals surface area (Å²) in [5, 5.41) is 5.48. The van der Waals surface area contributed by atoms with E-state index >= 15 is 0 Å². The number of aromatic nitrogens is 2. The van der Waals surface area contributed by atoms with Crippen molar-refractivity contribution in [3.8, 4) is 0 Å². The van der Waals surface area contributed by atoms with Gasteiger partial charge >= 0.3 is 0 Å². The lowest BCUT2D eigenvalue weighted by atomic mass is 9.85. The van der Waals surface area contributed by atoms with Crippen LogP contribution in [0.3, 0.4) is 0 Å². The number of nitrogens with zero attached hydrogens (tertiary/aromatic N) is 2. The Kier molecular flexibility index (Phi) is 8.29. The highest BCUT2D eigenvalue weighted by molar-refractivity contribution is 5.92. The molecule has 1 aromatic heterocycles. The van der Waals surface area contributed by atoms with Gasteiger partial charge in [0, 0.05) is 18.7 Å². The second-order valence-electron chi connectivity index (χ2n) is 11.3. The van der Waals surface area contributed by atoms with E-state index in [0.717, 1.165) is 27.5 Å². The number of hydrogen-bond donors (Lipinski definition) is 3. The maximum absolute atomic E-state index is 14.1. The molecule has 8 heteroatoms. The van der Waals surface area contributed by atoms with Crippen LogP contribution in [0, 0.1) is 5.82 Å². The number of piperazine rings is 1. The van der Waals surface area contributed by atoms with Crippen molar-refractivity contribution in [3.05, 3.63) is 138 Å². The topological polar surface area (TPSA) is 104 Å². The first kappa shape index (κ1) is 28.3. The lowest BCUT2D eigenvalue weighted by Crippen LogP contribution is -2.66. The van der Waals surface area contributed by atoms with Gasteiger partial charge in [0.25, 0.3) is 0 Å². The van der Waals surface area contributed by atoms with E-state index in [-0.39, 0.29) is 30.1 Å². The first-order chi connectivity index (χ1) is 20.9. The van der Waals surface area contributed by atoms with Gasteiger partial charge < -0.3 is 20.9 Å². The van der Waals surface area contributed by atoms with Crippen LogP contribution in [-0.4, -0.2) is 51.4 Å². The van der Waals surface area contributed by atoms with Crippen molar-refractivity contribution in [1.82, 2.24) is 20.2 Å². The van der Waals surface area contributed by atoms with Gasteiger partial charge in [0.15, 0.2) is 0 Å². The SMILES string of the molecule is NC(Cc1ccc(F)cc1)C(=O)N1CC(Cc2ccc3ccccc3c2)NC(=O)C1C(Cc1ccccc1)c1c[nH]cn1.